The van der Waals surface area contributed by atoms with Gasteiger partial charge in [0, 0.05) is 10.4 Å². The van der Waals surface area contributed by atoms with Crippen molar-refractivity contribution >= 4 is 34.0 Å². The van der Waals surface area contributed by atoms with Gasteiger partial charge >= 0.3 is 0 Å². The van der Waals surface area contributed by atoms with Crippen LogP contribution in [-0.4, -0.2) is 21.9 Å². The van der Waals surface area contributed by atoms with E-state index in [9.17, 15) is 10.1 Å². The number of aryl methyl sites for hydroxylation is 2. The van der Waals surface area contributed by atoms with Crippen molar-refractivity contribution in [3.8, 4) is 17.5 Å². The number of thiophene rings is 1. The lowest BCUT2D eigenvalue weighted by atomic mass is 10.1. The Morgan fingerprint density at radius 2 is 2.10 bits per heavy atom. The van der Waals surface area contributed by atoms with E-state index in [0.29, 0.717) is 21.7 Å². The first-order valence-corrected chi connectivity index (χ1v) is 11.3. The van der Waals surface area contributed by atoms with Crippen molar-refractivity contribution < 1.29 is 9.21 Å². The molecule has 2 aromatic heterocycles. The normalized spacial score (nSPS) is 13.4. The highest BCUT2D eigenvalue weighted by atomic mass is 32.2. The van der Waals surface area contributed by atoms with Gasteiger partial charge in [-0.25, -0.2) is 0 Å². The van der Waals surface area contributed by atoms with Crippen LogP contribution in [0, 0.1) is 18.3 Å². The molecule has 29 heavy (non-hydrogen) atoms. The Kier molecular flexibility index (Phi) is 5.97. The van der Waals surface area contributed by atoms with Crippen molar-refractivity contribution in [2.24, 2.45) is 0 Å². The van der Waals surface area contributed by atoms with E-state index in [1.165, 1.54) is 34.4 Å². The third kappa shape index (κ3) is 4.36. The van der Waals surface area contributed by atoms with Gasteiger partial charge in [0.2, 0.25) is 11.8 Å². The van der Waals surface area contributed by atoms with Crippen LogP contribution in [0.5, 0.6) is 0 Å². The van der Waals surface area contributed by atoms with Crippen molar-refractivity contribution in [3.05, 3.63) is 45.8 Å². The van der Waals surface area contributed by atoms with Gasteiger partial charge in [-0.3, -0.25) is 4.79 Å². The molecule has 0 unspecified atom stereocenters. The fraction of sp³-hybridized carbons (Fsp3) is 0.333. The van der Waals surface area contributed by atoms with E-state index in [4.69, 9.17) is 4.42 Å². The molecule has 0 saturated heterocycles. The highest BCUT2D eigenvalue weighted by molar-refractivity contribution is 7.99. The van der Waals surface area contributed by atoms with Gasteiger partial charge in [-0.05, 0) is 49.8 Å². The zero-order valence-electron chi connectivity index (χ0n) is 16.0. The number of thioether (sulfide) groups is 1. The van der Waals surface area contributed by atoms with E-state index in [1.807, 2.05) is 31.2 Å². The molecule has 1 aliphatic carbocycles. The number of carbonyl (C=O) groups excluding carboxylic acids is 1. The number of benzene rings is 1. The Hall–Kier alpha value is -2.63. The number of aromatic nitrogens is 2. The monoisotopic (exact) mass is 424 g/mol. The summed E-state index contributed by atoms with van der Waals surface area (Å²) < 4.78 is 5.69. The largest absolute Gasteiger partial charge is 0.411 e. The maximum atomic E-state index is 12.4. The molecule has 0 spiro atoms. The molecule has 8 heteroatoms. The summed E-state index contributed by atoms with van der Waals surface area (Å²) in [6.45, 7) is 1.98. The van der Waals surface area contributed by atoms with Crippen LogP contribution < -0.4 is 5.32 Å². The third-order valence-electron chi connectivity index (χ3n) is 4.89. The van der Waals surface area contributed by atoms with E-state index >= 15 is 0 Å². The zero-order valence-corrected chi connectivity index (χ0v) is 17.7. The lowest BCUT2D eigenvalue weighted by molar-refractivity contribution is -0.113. The molecule has 4 rings (SSSR count). The average Bonchev–Trinajstić information content (AvgIpc) is 3.24. The standard InChI is InChI=1S/C21H20N4O2S2/c1-13-7-5-6-8-14(13)19-24-25-21(27-19)28-12-18(26)23-20-16(11-22)15-9-3-2-4-10-17(15)29-20/h5-8H,2-4,9-10,12H2,1H3,(H,23,26). The number of nitrogens with zero attached hydrogens (tertiary/aromatic N) is 3. The van der Waals surface area contributed by atoms with Crippen molar-refractivity contribution in [1.29, 1.82) is 5.26 Å². The van der Waals surface area contributed by atoms with Crippen LogP contribution in [0.3, 0.4) is 0 Å². The summed E-state index contributed by atoms with van der Waals surface area (Å²) in [6, 6.07) is 10.1. The second kappa shape index (κ2) is 8.80. The summed E-state index contributed by atoms with van der Waals surface area (Å²) in [5.74, 6) is 0.404. The first-order chi connectivity index (χ1) is 14.2. The van der Waals surface area contributed by atoms with Crippen LogP contribution in [0.1, 0.15) is 40.8 Å². The molecule has 1 amide bonds. The zero-order chi connectivity index (χ0) is 20.2. The van der Waals surface area contributed by atoms with Crippen LogP contribution in [0.25, 0.3) is 11.5 Å². The highest BCUT2D eigenvalue weighted by Crippen LogP contribution is 2.37. The van der Waals surface area contributed by atoms with Crippen molar-refractivity contribution in [2.45, 2.75) is 44.3 Å². The molecule has 1 aliphatic rings. The molecule has 2 heterocycles. The fourth-order valence-corrected chi connectivity index (χ4v) is 5.25. The molecule has 3 aromatic rings. The minimum absolute atomic E-state index is 0.142. The van der Waals surface area contributed by atoms with Gasteiger partial charge in [0.15, 0.2) is 0 Å². The van der Waals surface area contributed by atoms with Crippen LogP contribution in [0.15, 0.2) is 33.9 Å². The van der Waals surface area contributed by atoms with E-state index in [-0.39, 0.29) is 11.7 Å². The number of nitrogens with one attached hydrogen (secondary N) is 1. The topological polar surface area (TPSA) is 91.8 Å². The quantitative estimate of drug-likeness (QED) is 0.459. The van der Waals surface area contributed by atoms with Gasteiger partial charge in [0.25, 0.3) is 5.22 Å². The van der Waals surface area contributed by atoms with Crippen LogP contribution in [0.2, 0.25) is 0 Å². The van der Waals surface area contributed by atoms with Crippen LogP contribution in [-0.2, 0) is 17.6 Å². The van der Waals surface area contributed by atoms with E-state index in [0.717, 1.165) is 42.4 Å². The molecule has 0 fully saturated rings. The van der Waals surface area contributed by atoms with Crippen LogP contribution >= 0.6 is 23.1 Å². The number of anilines is 1. The third-order valence-corrected chi connectivity index (χ3v) is 6.92. The second-order valence-corrected chi connectivity index (χ2v) is 8.94. The minimum Gasteiger partial charge on any atom is -0.411 e. The maximum Gasteiger partial charge on any atom is 0.277 e. The SMILES string of the molecule is Cc1ccccc1-c1nnc(SCC(=O)Nc2sc3c(c2C#N)CCCCC3)o1. The average molecular weight is 425 g/mol. The first-order valence-electron chi connectivity index (χ1n) is 9.52. The van der Waals surface area contributed by atoms with Crippen molar-refractivity contribution in [3.63, 3.8) is 0 Å². The second-order valence-electron chi connectivity index (χ2n) is 6.91. The first kappa shape index (κ1) is 19.7. The number of carbonyl (C=O) groups is 1. The number of hydrogen-bond donors (Lipinski definition) is 1. The number of rotatable bonds is 5. The fourth-order valence-electron chi connectivity index (χ4n) is 3.43. The van der Waals surface area contributed by atoms with Crippen molar-refractivity contribution in [2.75, 3.05) is 11.1 Å². The van der Waals surface area contributed by atoms with E-state index in [1.54, 1.807) is 0 Å². The Morgan fingerprint density at radius 3 is 2.93 bits per heavy atom. The summed E-state index contributed by atoms with van der Waals surface area (Å²) in [5, 5.41) is 21.6. The Balaban J connectivity index is 1.40. The number of amides is 1. The molecular formula is C21H20N4O2S2. The summed E-state index contributed by atoms with van der Waals surface area (Å²) >= 11 is 2.73. The lowest BCUT2D eigenvalue weighted by Gasteiger charge is -2.03. The smallest absolute Gasteiger partial charge is 0.277 e. The molecular weight excluding hydrogens is 404 g/mol. The molecule has 1 aromatic carbocycles. The molecule has 148 valence electrons. The van der Waals surface area contributed by atoms with Gasteiger partial charge in [-0.2, -0.15) is 5.26 Å². The van der Waals surface area contributed by atoms with E-state index < -0.39 is 0 Å². The molecule has 0 saturated carbocycles. The molecule has 0 atom stereocenters. The van der Waals surface area contributed by atoms with Gasteiger partial charge in [0.1, 0.15) is 11.1 Å². The Bertz CT molecular complexity index is 1080. The summed E-state index contributed by atoms with van der Waals surface area (Å²) in [4.78, 5) is 13.7. The Labute approximate surface area is 177 Å². The molecule has 1 N–H and O–H groups in total. The van der Waals surface area contributed by atoms with Gasteiger partial charge in [-0.15, -0.1) is 21.5 Å². The van der Waals surface area contributed by atoms with Crippen LogP contribution in [0.4, 0.5) is 5.00 Å². The number of fused-ring (bicyclic) bond motifs is 1. The summed E-state index contributed by atoms with van der Waals surface area (Å²) in [6.07, 6.45) is 5.34. The van der Waals surface area contributed by atoms with Gasteiger partial charge in [-0.1, -0.05) is 36.4 Å². The predicted octanol–water partition coefficient (Wildman–Crippen LogP) is 4.98. The Morgan fingerprint density at radius 1 is 1.28 bits per heavy atom. The molecule has 6 nitrogen and oxygen atoms in total. The minimum atomic E-state index is -0.182. The molecule has 0 bridgehead atoms. The summed E-state index contributed by atoms with van der Waals surface area (Å²) in [5.41, 5.74) is 3.68. The maximum absolute atomic E-state index is 12.4. The predicted molar refractivity (Wildman–Crippen MR) is 114 cm³/mol. The molecule has 0 aliphatic heterocycles. The van der Waals surface area contributed by atoms with Gasteiger partial charge < -0.3 is 9.73 Å². The summed E-state index contributed by atoms with van der Waals surface area (Å²) in [7, 11) is 0. The number of hydrogen-bond acceptors (Lipinski definition) is 7. The lowest BCUT2D eigenvalue weighted by Crippen LogP contribution is -2.14. The van der Waals surface area contributed by atoms with Crippen molar-refractivity contribution in [1.82, 2.24) is 10.2 Å². The molecule has 0 radical (unpaired) electrons. The highest BCUT2D eigenvalue weighted by Gasteiger charge is 2.21. The number of nitriles is 1. The van der Waals surface area contributed by atoms with Gasteiger partial charge in [0.05, 0.1) is 11.3 Å². The van der Waals surface area contributed by atoms with E-state index in [2.05, 4.69) is 21.6 Å².